The first-order chi connectivity index (χ1) is 15.5. The molecule has 0 atom stereocenters. The molecule has 0 saturated heterocycles. The molecular weight excluding hydrogens is 402 g/mol. The van der Waals surface area contributed by atoms with Gasteiger partial charge in [0.2, 0.25) is 0 Å². The molecular formula is C25H25N5O2. The quantitative estimate of drug-likeness (QED) is 0.354. The number of amides is 2. The van der Waals surface area contributed by atoms with Crippen LogP contribution < -0.4 is 20.3 Å². The number of carbonyl (C=O) groups excluding carboxylic acids is 1. The van der Waals surface area contributed by atoms with Gasteiger partial charge in [-0.15, -0.1) is 5.73 Å². The minimum absolute atomic E-state index is 0.362. The molecule has 0 fully saturated rings. The standard InChI is InChI=1S/C25H25N5O2/c1-5-13-30(25(31)29-24-18(3)9-7-10-19(24)4)23-16-22(26-17-27-23)28-20-11-8-12-21(15-20)32-14-6-2/h6-13,15-17H,1-2,14H2,3-4H3,(H,29,31)(H,26,27,28). The second kappa shape index (κ2) is 10.6. The zero-order valence-electron chi connectivity index (χ0n) is 18.1. The molecule has 0 unspecified atom stereocenters. The molecule has 0 radical (unpaired) electrons. The first-order valence-electron chi connectivity index (χ1n) is 9.97. The summed E-state index contributed by atoms with van der Waals surface area (Å²) in [6.45, 7) is 11.5. The summed E-state index contributed by atoms with van der Waals surface area (Å²) in [5, 5.41) is 6.14. The highest BCUT2D eigenvalue weighted by Crippen LogP contribution is 2.24. The van der Waals surface area contributed by atoms with Crippen LogP contribution in [0.4, 0.5) is 27.8 Å². The van der Waals surface area contributed by atoms with Gasteiger partial charge < -0.3 is 15.4 Å². The first kappa shape index (κ1) is 22.3. The maximum Gasteiger partial charge on any atom is 0.332 e. The van der Waals surface area contributed by atoms with E-state index in [1.165, 1.54) is 17.4 Å². The summed E-state index contributed by atoms with van der Waals surface area (Å²) in [4.78, 5) is 22.9. The molecule has 0 bridgehead atoms. The number of para-hydroxylation sites is 1. The molecule has 2 amide bonds. The Kier molecular flexibility index (Phi) is 7.41. The second-order valence-corrected chi connectivity index (χ2v) is 6.91. The predicted molar refractivity (Wildman–Crippen MR) is 129 cm³/mol. The molecule has 1 heterocycles. The lowest BCUT2D eigenvalue weighted by Crippen LogP contribution is -2.31. The third kappa shape index (κ3) is 5.62. The first-order valence-corrected chi connectivity index (χ1v) is 9.97. The molecule has 7 heteroatoms. The number of carbonyl (C=O) groups is 1. The fourth-order valence-corrected chi connectivity index (χ4v) is 3.01. The molecule has 2 aromatic carbocycles. The predicted octanol–water partition coefficient (Wildman–Crippen LogP) is 5.74. The number of nitrogens with zero attached hydrogens (tertiary/aromatic N) is 3. The maximum atomic E-state index is 13.0. The second-order valence-electron chi connectivity index (χ2n) is 6.91. The maximum absolute atomic E-state index is 13.0. The normalized spacial score (nSPS) is 9.94. The highest BCUT2D eigenvalue weighted by atomic mass is 16.5. The van der Waals surface area contributed by atoms with Crippen molar-refractivity contribution in [3.8, 4) is 5.75 Å². The van der Waals surface area contributed by atoms with Gasteiger partial charge in [-0.1, -0.05) is 43.5 Å². The van der Waals surface area contributed by atoms with Gasteiger partial charge in [-0.25, -0.2) is 19.7 Å². The van der Waals surface area contributed by atoms with Crippen LogP contribution >= 0.6 is 0 Å². The van der Waals surface area contributed by atoms with Gasteiger partial charge in [0.1, 0.15) is 30.3 Å². The number of urea groups is 1. The van der Waals surface area contributed by atoms with E-state index in [0.717, 1.165) is 22.5 Å². The Hall–Kier alpha value is -4.35. The summed E-state index contributed by atoms with van der Waals surface area (Å²) >= 11 is 0. The Bertz CT molecular complexity index is 1150. The van der Waals surface area contributed by atoms with Crippen LogP contribution in [0.25, 0.3) is 0 Å². The van der Waals surface area contributed by atoms with Crippen molar-refractivity contribution in [3.05, 3.63) is 97.2 Å². The Morgan fingerprint density at radius 2 is 1.91 bits per heavy atom. The minimum atomic E-state index is -0.386. The lowest BCUT2D eigenvalue weighted by molar-refractivity contribution is 0.258. The molecule has 2 N–H and O–H groups in total. The highest BCUT2D eigenvalue weighted by Gasteiger charge is 2.17. The van der Waals surface area contributed by atoms with E-state index in [1.807, 2.05) is 56.3 Å². The SMILES string of the molecule is C=C=CN(C(=O)Nc1c(C)cccc1C)c1cc(Nc2cccc(OCC=C)c2)ncn1. The van der Waals surface area contributed by atoms with Crippen molar-refractivity contribution >= 4 is 29.0 Å². The lowest BCUT2D eigenvalue weighted by atomic mass is 10.1. The summed E-state index contributed by atoms with van der Waals surface area (Å²) < 4.78 is 5.56. The smallest absolute Gasteiger partial charge is 0.332 e. The number of rotatable bonds is 8. The van der Waals surface area contributed by atoms with Crippen LogP contribution in [0.15, 0.2) is 86.0 Å². The fourth-order valence-electron chi connectivity index (χ4n) is 3.01. The van der Waals surface area contributed by atoms with Crippen molar-refractivity contribution in [2.24, 2.45) is 0 Å². The third-order valence-corrected chi connectivity index (χ3v) is 4.53. The zero-order valence-corrected chi connectivity index (χ0v) is 18.1. The number of hydrogen-bond acceptors (Lipinski definition) is 5. The van der Waals surface area contributed by atoms with Gasteiger partial charge in [-0.3, -0.25) is 0 Å². The number of aryl methyl sites for hydroxylation is 2. The third-order valence-electron chi connectivity index (χ3n) is 4.53. The summed E-state index contributed by atoms with van der Waals surface area (Å²) in [6, 6.07) is 14.6. The van der Waals surface area contributed by atoms with Crippen LogP contribution in [0.2, 0.25) is 0 Å². The van der Waals surface area contributed by atoms with Crippen molar-refractivity contribution in [2.75, 3.05) is 22.1 Å². The average molecular weight is 428 g/mol. The minimum Gasteiger partial charge on any atom is -0.489 e. The van der Waals surface area contributed by atoms with E-state index in [4.69, 9.17) is 4.74 Å². The van der Waals surface area contributed by atoms with Crippen LogP contribution in [0, 0.1) is 13.8 Å². The molecule has 0 aliphatic carbocycles. The number of nitrogens with one attached hydrogen (secondary N) is 2. The Labute approximate surface area is 187 Å². The van der Waals surface area contributed by atoms with Crippen LogP contribution in [0.1, 0.15) is 11.1 Å². The van der Waals surface area contributed by atoms with E-state index in [1.54, 1.807) is 12.1 Å². The molecule has 32 heavy (non-hydrogen) atoms. The van der Waals surface area contributed by atoms with Crippen LogP contribution in [0.5, 0.6) is 5.75 Å². The van der Waals surface area contributed by atoms with Crippen LogP contribution in [-0.4, -0.2) is 22.6 Å². The van der Waals surface area contributed by atoms with E-state index in [-0.39, 0.29) is 6.03 Å². The van der Waals surface area contributed by atoms with Gasteiger partial charge in [-0.2, -0.15) is 0 Å². The highest BCUT2D eigenvalue weighted by molar-refractivity contribution is 6.03. The van der Waals surface area contributed by atoms with E-state index >= 15 is 0 Å². The van der Waals surface area contributed by atoms with Gasteiger partial charge in [0, 0.05) is 23.5 Å². The van der Waals surface area contributed by atoms with E-state index in [9.17, 15) is 4.79 Å². The van der Waals surface area contributed by atoms with E-state index in [0.29, 0.717) is 24.0 Å². The van der Waals surface area contributed by atoms with E-state index < -0.39 is 0 Å². The van der Waals surface area contributed by atoms with Crippen molar-refractivity contribution in [1.29, 1.82) is 0 Å². The summed E-state index contributed by atoms with van der Waals surface area (Å²) in [5.74, 6) is 1.58. The number of ether oxygens (including phenoxy) is 1. The Morgan fingerprint density at radius 1 is 1.16 bits per heavy atom. The molecule has 0 aliphatic rings. The molecule has 3 aromatic rings. The molecule has 1 aromatic heterocycles. The molecule has 7 nitrogen and oxygen atoms in total. The van der Waals surface area contributed by atoms with Gasteiger partial charge in [0.05, 0.1) is 6.20 Å². The van der Waals surface area contributed by atoms with Crippen molar-refractivity contribution in [1.82, 2.24) is 9.97 Å². The fraction of sp³-hybridized carbons (Fsp3) is 0.120. The topological polar surface area (TPSA) is 79.4 Å². The lowest BCUT2D eigenvalue weighted by Gasteiger charge is -2.19. The molecule has 0 saturated carbocycles. The zero-order chi connectivity index (χ0) is 22.9. The number of anilines is 4. The van der Waals surface area contributed by atoms with Crippen molar-refractivity contribution < 1.29 is 9.53 Å². The summed E-state index contributed by atoms with van der Waals surface area (Å²) in [7, 11) is 0. The monoisotopic (exact) mass is 427 g/mol. The largest absolute Gasteiger partial charge is 0.489 e. The summed E-state index contributed by atoms with van der Waals surface area (Å²) in [5.41, 5.74) is 6.10. The van der Waals surface area contributed by atoms with Crippen LogP contribution in [0.3, 0.4) is 0 Å². The van der Waals surface area contributed by atoms with E-state index in [2.05, 4.69) is 39.5 Å². The van der Waals surface area contributed by atoms with Crippen LogP contribution in [-0.2, 0) is 0 Å². The number of hydrogen-bond donors (Lipinski definition) is 2. The van der Waals surface area contributed by atoms with Gasteiger partial charge in [-0.05, 0) is 37.1 Å². The van der Waals surface area contributed by atoms with Crippen molar-refractivity contribution in [2.45, 2.75) is 13.8 Å². The molecule has 0 spiro atoms. The molecule has 162 valence electrons. The average Bonchev–Trinajstić information content (AvgIpc) is 2.79. The number of aromatic nitrogens is 2. The van der Waals surface area contributed by atoms with Gasteiger partial charge in [0.15, 0.2) is 0 Å². The summed E-state index contributed by atoms with van der Waals surface area (Å²) in [6.07, 6.45) is 4.49. The van der Waals surface area contributed by atoms with Gasteiger partial charge in [0.25, 0.3) is 0 Å². The molecule has 3 rings (SSSR count). The Balaban J connectivity index is 1.83. The molecule has 0 aliphatic heterocycles. The Morgan fingerprint density at radius 3 is 2.62 bits per heavy atom. The van der Waals surface area contributed by atoms with Gasteiger partial charge >= 0.3 is 6.03 Å². The number of benzene rings is 2. The van der Waals surface area contributed by atoms with Crippen molar-refractivity contribution in [3.63, 3.8) is 0 Å².